The Kier molecular flexibility index (Phi) is 5.19. The molecule has 0 bridgehead atoms. The predicted octanol–water partition coefficient (Wildman–Crippen LogP) is 2.76. The van der Waals surface area contributed by atoms with Crippen LogP contribution in [-0.4, -0.2) is 31.4 Å². The van der Waals surface area contributed by atoms with Crippen LogP contribution in [0.4, 0.5) is 0 Å². The lowest BCUT2D eigenvalue weighted by Crippen LogP contribution is -2.47. The molecule has 2 unspecified atom stereocenters. The first-order valence-electron chi connectivity index (χ1n) is 6.69. The van der Waals surface area contributed by atoms with Gasteiger partial charge in [-0.15, -0.1) is 0 Å². The van der Waals surface area contributed by atoms with E-state index in [4.69, 9.17) is 21.1 Å². The molecule has 0 radical (unpaired) electrons. The quantitative estimate of drug-likeness (QED) is 0.861. The van der Waals surface area contributed by atoms with E-state index in [1.54, 1.807) is 36.4 Å². The Hall–Kier alpha value is -1.88. The number of benzene rings is 2. The number of halogens is 1. The summed E-state index contributed by atoms with van der Waals surface area (Å²) < 4.78 is 10.3. The second-order valence-corrected chi connectivity index (χ2v) is 5.17. The number of aliphatic hydroxyl groups excluding tert-OH is 1. The predicted molar refractivity (Wildman–Crippen MR) is 83.7 cm³/mol. The average Bonchev–Trinajstić information content (AvgIpc) is 2.57. The molecule has 22 heavy (non-hydrogen) atoms. The molecule has 0 aliphatic rings. The van der Waals surface area contributed by atoms with Crippen molar-refractivity contribution in [1.82, 2.24) is 0 Å². The summed E-state index contributed by atoms with van der Waals surface area (Å²) in [5, 5.41) is 11.1. The highest BCUT2D eigenvalue weighted by atomic mass is 35.5. The van der Waals surface area contributed by atoms with E-state index >= 15 is 0 Å². The number of rotatable bonds is 5. The second kappa shape index (κ2) is 6.92. The zero-order valence-corrected chi connectivity index (χ0v) is 13.1. The Morgan fingerprint density at radius 1 is 1.05 bits per heavy atom. The van der Waals surface area contributed by atoms with Gasteiger partial charge in [-0.25, -0.2) is 4.79 Å². The fourth-order valence-electron chi connectivity index (χ4n) is 2.49. The lowest BCUT2D eigenvalue weighted by atomic mass is 9.81. The molecule has 0 heterocycles. The molecule has 0 saturated carbocycles. The van der Waals surface area contributed by atoms with Crippen LogP contribution >= 0.6 is 11.6 Å². The van der Waals surface area contributed by atoms with Crippen molar-refractivity contribution in [3.05, 3.63) is 70.7 Å². The number of aliphatic hydroxyl groups is 1. The largest absolute Gasteiger partial charge is 0.467 e. The molecule has 0 amide bonds. The van der Waals surface area contributed by atoms with E-state index in [0.29, 0.717) is 16.1 Å². The highest BCUT2D eigenvalue weighted by Gasteiger charge is 2.46. The van der Waals surface area contributed by atoms with Gasteiger partial charge in [0, 0.05) is 12.1 Å². The Balaban J connectivity index is 2.66. The van der Waals surface area contributed by atoms with Crippen molar-refractivity contribution in [2.75, 3.05) is 14.2 Å². The van der Waals surface area contributed by atoms with Crippen LogP contribution in [-0.2, 0) is 19.9 Å². The fourth-order valence-corrected chi connectivity index (χ4v) is 2.62. The lowest BCUT2D eigenvalue weighted by Gasteiger charge is -2.36. The van der Waals surface area contributed by atoms with Crippen molar-refractivity contribution in [1.29, 1.82) is 0 Å². The maximum Gasteiger partial charge on any atom is 0.338 e. The summed E-state index contributed by atoms with van der Waals surface area (Å²) in [6.45, 7) is 0. The summed E-state index contributed by atoms with van der Waals surface area (Å²) in [5.41, 5.74) is -0.139. The molecule has 2 aromatic rings. The van der Waals surface area contributed by atoms with E-state index in [0.717, 1.165) is 0 Å². The third-order valence-electron chi connectivity index (χ3n) is 3.61. The smallest absolute Gasteiger partial charge is 0.338 e. The van der Waals surface area contributed by atoms with Gasteiger partial charge in [0.1, 0.15) is 0 Å². The van der Waals surface area contributed by atoms with Crippen molar-refractivity contribution in [2.24, 2.45) is 0 Å². The molecule has 0 aliphatic carbocycles. The minimum atomic E-state index is -1.52. The van der Waals surface area contributed by atoms with Gasteiger partial charge in [0.25, 0.3) is 0 Å². The normalized spacial score (nSPS) is 14.9. The van der Waals surface area contributed by atoms with Crippen LogP contribution < -0.4 is 0 Å². The first-order valence-corrected chi connectivity index (χ1v) is 7.06. The molecule has 116 valence electrons. The van der Waals surface area contributed by atoms with Gasteiger partial charge < -0.3 is 14.6 Å². The molecule has 0 saturated heterocycles. The highest BCUT2D eigenvalue weighted by Crippen LogP contribution is 2.37. The van der Waals surface area contributed by atoms with Crippen molar-refractivity contribution in [2.45, 2.75) is 11.7 Å². The van der Waals surface area contributed by atoms with Gasteiger partial charge in [-0.05, 0) is 23.3 Å². The number of esters is 1. The molecule has 0 fully saturated rings. The third-order valence-corrected chi connectivity index (χ3v) is 3.86. The van der Waals surface area contributed by atoms with E-state index in [9.17, 15) is 9.90 Å². The van der Waals surface area contributed by atoms with Crippen molar-refractivity contribution in [3.8, 4) is 0 Å². The molecule has 2 aromatic carbocycles. The second-order valence-electron chi connectivity index (χ2n) is 4.74. The van der Waals surface area contributed by atoms with Crippen LogP contribution in [0.2, 0.25) is 5.02 Å². The number of carbonyl (C=O) groups excluding carboxylic acids is 1. The number of methoxy groups -OCH3 is 2. The summed E-state index contributed by atoms with van der Waals surface area (Å²) in [7, 11) is 2.66. The highest BCUT2D eigenvalue weighted by molar-refractivity contribution is 6.30. The molecule has 2 rings (SSSR count). The summed E-state index contributed by atoms with van der Waals surface area (Å²) in [6.07, 6.45) is -1.52. The molecular formula is C17H17ClO4. The first kappa shape index (κ1) is 16.5. The van der Waals surface area contributed by atoms with E-state index < -0.39 is 17.7 Å². The van der Waals surface area contributed by atoms with Gasteiger partial charge in [-0.2, -0.15) is 0 Å². The molecule has 5 heteroatoms. The number of hydrogen-bond donors (Lipinski definition) is 1. The van der Waals surface area contributed by atoms with E-state index in [2.05, 4.69) is 0 Å². The van der Waals surface area contributed by atoms with Crippen LogP contribution in [0.25, 0.3) is 0 Å². The van der Waals surface area contributed by atoms with Gasteiger partial charge in [-0.1, -0.05) is 54.1 Å². The Bertz CT molecular complexity index is 627. The van der Waals surface area contributed by atoms with Crippen LogP contribution in [0.15, 0.2) is 54.6 Å². The van der Waals surface area contributed by atoms with Crippen molar-refractivity contribution < 1.29 is 19.4 Å². The van der Waals surface area contributed by atoms with Crippen LogP contribution in [0, 0.1) is 0 Å². The Morgan fingerprint density at radius 2 is 1.59 bits per heavy atom. The summed E-state index contributed by atoms with van der Waals surface area (Å²) in [4.78, 5) is 12.0. The molecule has 4 nitrogen and oxygen atoms in total. The third kappa shape index (κ3) is 2.86. The summed E-state index contributed by atoms with van der Waals surface area (Å²) in [5.74, 6) is -0.777. The van der Waals surface area contributed by atoms with Crippen LogP contribution in [0.3, 0.4) is 0 Å². The maximum atomic E-state index is 12.0. The van der Waals surface area contributed by atoms with Crippen LogP contribution in [0.5, 0.6) is 0 Å². The number of carbonyl (C=O) groups is 1. The Labute approximate surface area is 134 Å². The lowest BCUT2D eigenvalue weighted by molar-refractivity contribution is -0.167. The standard InChI is InChI=1S/C17H17ClO4/c1-21-16(20)15(19)17(22-2,12-6-4-3-5-7-12)13-8-10-14(18)11-9-13/h3-11,15,19H,1-2H3. The minimum Gasteiger partial charge on any atom is -0.467 e. The number of ether oxygens (including phenoxy) is 2. The van der Waals surface area contributed by atoms with Gasteiger partial charge in [-0.3, -0.25) is 0 Å². The van der Waals surface area contributed by atoms with E-state index in [1.165, 1.54) is 14.2 Å². The zero-order valence-electron chi connectivity index (χ0n) is 12.3. The van der Waals surface area contributed by atoms with Gasteiger partial charge in [0.2, 0.25) is 0 Å². The van der Waals surface area contributed by atoms with E-state index in [1.807, 2.05) is 18.2 Å². The molecule has 0 spiro atoms. The van der Waals surface area contributed by atoms with Crippen molar-refractivity contribution >= 4 is 17.6 Å². The molecule has 2 atom stereocenters. The molecule has 0 aliphatic heterocycles. The average molecular weight is 321 g/mol. The molecule has 0 aromatic heterocycles. The first-order chi connectivity index (χ1) is 10.6. The zero-order chi connectivity index (χ0) is 16.2. The van der Waals surface area contributed by atoms with Gasteiger partial charge >= 0.3 is 5.97 Å². The summed E-state index contributed by atoms with van der Waals surface area (Å²) in [6, 6.07) is 15.8. The topological polar surface area (TPSA) is 55.8 Å². The van der Waals surface area contributed by atoms with Crippen molar-refractivity contribution in [3.63, 3.8) is 0 Å². The maximum absolute atomic E-state index is 12.0. The van der Waals surface area contributed by atoms with Crippen LogP contribution in [0.1, 0.15) is 11.1 Å². The van der Waals surface area contributed by atoms with E-state index in [-0.39, 0.29) is 0 Å². The number of hydrogen-bond acceptors (Lipinski definition) is 4. The Morgan fingerprint density at radius 3 is 2.09 bits per heavy atom. The van der Waals surface area contributed by atoms with Gasteiger partial charge in [0.05, 0.1) is 7.11 Å². The fraction of sp³-hybridized carbons (Fsp3) is 0.235. The SMILES string of the molecule is COC(=O)C(O)C(OC)(c1ccccc1)c1ccc(Cl)cc1. The summed E-state index contributed by atoms with van der Waals surface area (Å²) >= 11 is 5.93. The van der Waals surface area contributed by atoms with Gasteiger partial charge in [0.15, 0.2) is 11.7 Å². The monoisotopic (exact) mass is 320 g/mol. The minimum absolute atomic E-state index is 0.550. The molecule has 1 N–H and O–H groups in total. The molecular weight excluding hydrogens is 304 g/mol.